The Bertz CT molecular complexity index is 183. The first-order valence-electron chi connectivity index (χ1n) is 4.94. The van der Waals surface area contributed by atoms with Crippen LogP contribution in [0.2, 0.25) is 0 Å². The van der Waals surface area contributed by atoms with Gasteiger partial charge in [-0.3, -0.25) is 4.79 Å². The first-order valence-corrected chi connectivity index (χ1v) is 4.94. The summed E-state index contributed by atoms with van der Waals surface area (Å²) in [7, 11) is 0. The number of piperidine rings is 1. The van der Waals surface area contributed by atoms with Crippen LogP contribution < -0.4 is 10.6 Å². The Morgan fingerprint density at radius 2 is 2.23 bits per heavy atom. The summed E-state index contributed by atoms with van der Waals surface area (Å²) >= 11 is 0. The topological polar surface area (TPSA) is 41.1 Å². The van der Waals surface area contributed by atoms with Crippen molar-refractivity contribution in [1.29, 1.82) is 0 Å². The lowest BCUT2D eigenvalue weighted by Crippen LogP contribution is -2.42. The van der Waals surface area contributed by atoms with Gasteiger partial charge in [-0.1, -0.05) is 12.2 Å². The first-order chi connectivity index (χ1) is 6.33. The van der Waals surface area contributed by atoms with Crippen molar-refractivity contribution in [1.82, 2.24) is 10.6 Å². The molecule has 0 aromatic heterocycles. The third kappa shape index (κ3) is 4.08. The van der Waals surface area contributed by atoms with Gasteiger partial charge in [0.15, 0.2) is 0 Å². The summed E-state index contributed by atoms with van der Waals surface area (Å²) in [5, 5.41) is 6.29. The van der Waals surface area contributed by atoms with Crippen molar-refractivity contribution >= 4 is 5.91 Å². The van der Waals surface area contributed by atoms with Gasteiger partial charge >= 0.3 is 0 Å². The molecule has 2 N–H and O–H groups in total. The van der Waals surface area contributed by atoms with Crippen LogP contribution in [0, 0.1) is 0 Å². The molecule has 0 aromatic rings. The molecular weight excluding hydrogens is 164 g/mol. The van der Waals surface area contributed by atoms with Gasteiger partial charge in [0.1, 0.15) is 0 Å². The Labute approximate surface area is 79.6 Å². The van der Waals surface area contributed by atoms with Crippen LogP contribution in [0.25, 0.3) is 0 Å². The van der Waals surface area contributed by atoms with Gasteiger partial charge in [0.25, 0.3) is 0 Å². The fourth-order valence-corrected chi connectivity index (χ4v) is 1.48. The van der Waals surface area contributed by atoms with Crippen LogP contribution in [-0.2, 0) is 4.79 Å². The molecule has 13 heavy (non-hydrogen) atoms. The first kappa shape index (κ1) is 10.3. The van der Waals surface area contributed by atoms with Crippen molar-refractivity contribution in [2.45, 2.75) is 32.2 Å². The molecule has 1 aliphatic rings. The second-order valence-corrected chi connectivity index (χ2v) is 3.36. The van der Waals surface area contributed by atoms with Gasteiger partial charge in [-0.25, -0.2) is 0 Å². The minimum Gasteiger partial charge on any atom is -0.353 e. The largest absolute Gasteiger partial charge is 0.353 e. The summed E-state index contributed by atoms with van der Waals surface area (Å²) in [5.41, 5.74) is 0. The van der Waals surface area contributed by atoms with Gasteiger partial charge in [0, 0.05) is 12.5 Å². The predicted octanol–water partition coefficient (Wildman–Crippen LogP) is 0.821. The molecule has 1 heterocycles. The normalized spacial score (nSPS) is 19.2. The van der Waals surface area contributed by atoms with Crippen molar-refractivity contribution in [3.8, 4) is 0 Å². The summed E-state index contributed by atoms with van der Waals surface area (Å²) in [4.78, 5) is 11.3. The van der Waals surface area contributed by atoms with Crippen LogP contribution in [-0.4, -0.2) is 25.0 Å². The van der Waals surface area contributed by atoms with E-state index in [4.69, 9.17) is 0 Å². The highest BCUT2D eigenvalue weighted by Gasteiger charge is 2.13. The van der Waals surface area contributed by atoms with Crippen molar-refractivity contribution in [3.05, 3.63) is 12.2 Å². The van der Waals surface area contributed by atoms with Gasteiger partial charge in [-0.15, -0.1) is 0 Å². The summed E-state index contributed by atoms with van der Waals surface area (Å²) in [6.07, 6.45) is 6.42. The Hall–Kier alpha value is -0.830. The molecule has 0 unspecified atom stereocenters. The average molecular weight is 182 g/mol. The van der Waals surface area contributed by atoms with Crippen molar-refractivity contribution in [2.75, 3.05) is 13.1 Å². The molecule has 0 aliphatic carbocycles. The Morgan fingerprint density at radius 1 is 1.54 bits per heavy atom. The van der Waals surface area contributed by atoms with Gasteiger partial charge in [-0.05, 0) is 32.9 Å². The molecule has 0 atom stereocenters. The zero-order valence-corrected chi connectivity index (χ0v) is 8.18. The van der Waals surface area contributed by atoms with Gasteiger partial charge in [0.05, 0.1) is 0 Å². The number of hydrogen-bond donors (Lipinski definition) is 2. The SMILES string of the molecule is C/C=C/CC(=O)NC1CCNCC1. The minimum absolute atomic E-state index is 0.144. The van der Waals surface area contributed by atoms with E-state index in [1.807, 2.05) is 19.1 Å². The standard InChI is InChI=1S/C10H18N2O/c1-2-3-4-10(13)12-9-5-7-11-8-6-9/h2-3,9,11H,4-8H2,1H3,(H,12,13)/b3-2+. The van der Waals surface area contributed by atoms with Crippen molar-refractivity contribution in [2.24, 2.45) is 0 Å². The molecule has 74 valence electrons. The third-order valence-electron chi connectivity index (χ3n) is 2.24. The van der Waals surface area contributed by atoms with Crippen LogP contribution in [0.15, 0.2) is 12.2 Å². The Morgan fingerprint density at radius 3 is 2.85 bits per heavy atom. The highest BCUT2D eigenvalue weighted by atomic mass is 16.1. The number of carbonyl (C=O) groups is 1. The zero-order valence-electron chi connectivity index (χ0n) is 8.18. The predicted molar refractivity (Wildman–Crippen MR) is 53.5 cm³/mol. The fourth-order valence-electron chi connectivity index (χ4n) is 1.48. The number of allylic oxidation sites excluding steroid dienone is 1. The zero-order chi connectivity index (χ0) is 9.52. The number of carbonyl (C=O) groups excluding carboxylic acids is 1. The summed E-state index contributed by atoms with van der Waals surface area (Å²) in [6.45, 7) is 3.97. The lowest BCUT2D eigenvalue weighted by molar-refractivity contribution is -0.121. The van der Waals surface area contributed by atoms with Crippen LogP contribution >= 0.6 is 0 Å². The molecule has 3 nitrogen and oxygen atoms in total. The number of rotatable bonds is 3. The lowest BCUT2D eigenvalue weighted by Gasteiger charge is -2.23. The van der Waals surface area contributed by atoms with Crippen LogP contribution in [0.3, 0.4) is 0 Å². The van der Waals surface area contributed by atoms with E-state index in [2.05, 4.69) is 10.6 Å². The smallest absolute Gasteiger partial charge is 0.224 e. The lowest BCUT2D eigenvalue weighted by atomic mass is 10.1. The van der Waals surface area contributed by atoms with Crippen LogP contribution in [0.5, 0.6) is 0 Å². The van der Waals surface area contributed by atoms with Crippen LogP contribution in [0.4, 0.5) is 0 Å². The fraction of sp³-hybridized carbons (Fsp3) is 0.700. The molecule has 0 bridgehead atoms. The summed E-state index contributed by atoms with van der Waals surface area (Å²) in [5.74, 6) is 0.144. The van der Waals surface area contributed by atoms with E-state index >= 15 is 0 Å². The number of amides is 1. The molecule has 0 radical (unpaired) electrons. The van der Waals surface area contributed by atoms with E-state index in [0.29, 0.717) is 12.5 Å². The molecule has 1 saturated heterocycles. The van der Waals surface area contributed by atoms with Crippen LogP contribution in [0.1, 0.15) is 26.2 Å². The highest BCUT2D eigenvalue weighted by Crippen LogP contribution is 2.01. The maximum atomic E-state index is 11.3. The van der Waals surface area contributed by atoms with Crippen molar-refractivity contribution in [3.63, 3.8) is 0 Å². The van der Waals surface area contributed by atoms with E-state index in [1.165, 1.54) is 0 Å². The van der Waals surface area contributed by atoms with E-state index < -0.39 is 0 Å². The molecule has 0 aromatic carbocycles. The Kier molecular flexibility index (Phi) is 4.54. The summed E-state index contributed by atoms with van der Waals surface area (Å²) < 4.78 is 0. The molecular formula is C10H18N2O. The maximum absolute atomic E-state index is 11.3. The highest BCUT2D eigenvalue weighted by molar-refractivity contribution is 5.77. The van der Waals surface area contributed by atoms with E-state index in [9.17, 15) is 4.79 Å². The second-order valence-electron chi connectivity index (χ2n) is 3.36. The van der Waals surface area contributed by atoms with Gasteiger partial charge < -0.3 is 10.6 Å². The average Bonchev–Trinajstić information content (AvgIpc) is 2.16. The number of nitrogens with one attached hydrogen (secondary N) is 2. The molecule has 1 amide bonds. The molecule has 0 spiro atoms. The monoisotopic (exact) mass is 182 g/mol. The minimum atomic E-state index is 0.144. The van der Waals surface area contributed by atoms with Gasteiger partial charge in [0.2, 0.25) is 5.91 Å². The summed E-state index contributed by atoms with van der Waals surface area (Å²) in [6, 6.07) is 0.388. The van der Waals surface area contributed by atoms with E-state index in [1.54, 1.807) is 0 Å². The molecule has 1 rings (SSSR count). The van der Waals surface area contributed by atoms with E-state index in [-0.39, 0.29) is 5.91 Å². The molecule has 1 fully saturated rings. The molecule has 1 aliphatic heterocycles. The maximum Gasteiger partial charge on any atom is 0.224 e. The quantitative estimate of drug-likeness (QED) is 0.634. The Balaban J connectivity index is 2.18. The van der Waals surface area contributed by atoms with Crippen molar-refractivity contribution < 1.29 is 4.79 Å². The van der Waals surface area contributed by atoms with Gasteiger partial charge in [-0.2, -0.15) is 0 Å². The molecule has 0 saturated carbocycles. The third-order valence-corrected chi connectivity index (χ3v) is 2.24. The molecule has 3 heteroatoms. The van der Waals surface area contributed by atoms with E-state index in [0.717, 1.165) is 25.9 Å². The number of hydrogen-bond acceptors (Lipinski definition) is 2. The second kappa shape index (κ2) is 5.75.